The lowest BCUT2D eigenvalue weighted by Gasteiger charge is -2.23. The molecule has 0 aliphatic carbocycles. The molecule has 0 fully saturated rings. The van der Waals surface area contributed by atoms with Gasteiger partial charge in [0.05, 0.1) is 24.9 Å². The topological polar surface area (TPSA) is 87.2 Å². The number of ether oxygens (including phenoxy) is 1. The summed E-state index contributed by atoms with van der Waals surface area (Å²) in [5.74, 6) is -0.205. The van der Waals surface area contributed by atoms with Crippen molar-refractivity contribution in [1.29, 1.82) is 0 Å². The normalized spacial score (nSPS) is 12.6. The third-order valence-corrected chi connectivity index (χ3v) is 3.41. The maximum Gasteiger partial charge on any atom is 0.341 e. The van der Waals surface area contributed by atoms with Crippen LogP contribution in [0.5, 0.6) is 0 Å². The standard InChI is InChI=1S/C15H21N3O3/c1-4-21-15(20)11-7-17-14-10(5-6-16-14)13(11)18-12(8-19)9(2)3/h5-7,9,12,19H,4,8H2,1-3H3,(H2,16,17,18)/t12-/m0/s1. The summed E-state index contributed by atoms with van der Waals surface area (Å²) < 4.78 is 5.08. The van der Waals surface area contributed by atoms with Gasteiger partial charge in [0.2, 0.25) is 0 Å². The second-order valence-corrected chi connectivity index (χ2v) is 5.18. The molecular weight excluding hydrogens is 270 g/mol. The van der Waals surface area contributed by atoms with Gasteiger partial charge in [0.25, 0.3) is 0 Å². The first-order valence-corrected chi connectivity index (χ1v) is 7.09. The Bertz CT molecular complexity index is 622. The molecule has 2 aromatic rings. The van der Waals surface area contributed by atoms with Gasteiger partial charge in [-0.2, -0.15) is 0 Å². The van der Waals surface area contributed by atoms with Crippen LogP contribution in [0, 0.1) is 5.92 Å². The predicted octanol–water partition coefficient (Wildman–Crippen LogP) is 2.17. The number of pyridine rings is 1. The van der Waals surface area contributed by atoms with E-state index >= 15 is 0 Å². The van der Waals surface area contributed by atoms with Gasteiger partial charge in [-0.25, -0.2) is 9.78 Å². The van der Waals surface area contributed by atoms with E-state index in [9.17, 15) is 9.90 Å². The molecule has 2 heterocycles. The fourth-order valence-corrected chi connectivity index (χ4v) is 2.14. The largest absolute Gasteiger partial charge is 0.462 e. The zero-order valence-electron chi connectivity index (χ0n) is 12.5. The van der Waals surface area contributed by atoms with Crippen LogP contribution in [0.1, 0.15) is 31.1 Å². The lowest BCUT2D eigenvalue weighted by atomic mass is 10.0. The molecule has 114 valence electrons. The van der Waals surface area contributed by atoms with Crippen LogP contribution in [-0.4, -0.2) is 40.3 Å². The summed E-state index contributed by atoms with van der Waals surface area (Å²) in [6.45, 7) is 6.06. The minimum absolute atomic E-state index is 0.0197. The van der Waals surface area contributed by atoms with E-state index < -0.39 is 5.97 Å². The summed E-state index contributed by atoms with van der Waals surface area (Å²) in [6.07, 6.45) is 3.26. The number of aromatic nitrogens is 2. The van der Waals surface area contributed by atoms with E-state index in [-0.39, 0.29) is 18.6 Å². The molecule has 0 saturated carbocycles. The first-order chi connectivity index (χ1) is 10.1. The summed E-state index contributed by atoms with van der Waals surface area (Å²) >= 11 is 0. The number of fused-ring (bicyclic) bond motifs is 1. The molecule has 0 radical (unpaired) electrons. The van der Waals surface area contributed by atoms with Gasteiger partial charge < -0.3 is 20.1 Å². The van der Waals surface area contributed by atoms with Crippen LogP contribution < -0.4 is 5.32 Å². The maximum absolute atomic E-state index is 12.1. The molecule has 0 aliphatic rings. The average molecular weight is 291 g/mol. The van der Waals surface area contributed by atoms with Crippen LogP contribution in [-0.2, 0) is 4.74 Å². The molecule has 0 unspecified atom stereocenters. The number of carbonyl (C=O) groups excluding carboxylic acids is 1. The van der Waals surface area contributed by atoms with Crippen molar-refractivity contribution in [2.75, 3.05) is 18.5 Å². The van der Waals surface area contributed by atoms with Crippen LogP contribution in [0.4, 0.5) is 5.69 Å². The highest BCUT2D eigenvalue weighted by atomic mass is 16.5. The number of hydrogen-bond acceptors (Lipinski definition) is 5. The molecule has 21 heavy (non-hydrogen) atoms. The lowest BCUT2D eigenvalue weighted by Crippen LogP contribution is -2.30. The quantitative estimate of drug-likeness (QED) is 0.710. The van der Waals surface area contributed by atoms with Crippen molar-refractivity contribution < 1.29 is 14.6 Å². The van der Waals surface area contributed by atoms with Crippen LogP contribution in [0.15, 0.2) is 18.5 Å². The maximum atomic E-state index is 12.1. The van der Waals surface area contributed by atoms with E-state index in [0.717, 1.165) is 5.39 Å². The number of rotatable bonds is 6. The van der Waals surface area contributed by atoms with Gasteiger partial charge in [-0.1, -0.05) is 13.8 Å². The molecule has 2 rings (SSSR count). The van der Waals surface area contributed by atoms with Gasteiger partial charge >= 0.3 is 5.97 Å². The Balaban J connectivity index is 2.48. The molecule has 6 heteroatoms. The van der Waals surface area contributed by atoms with E-state index in [1.165, 1.54) is 6.20 Å². The molecule has 6 nitrogen and oxygen atoms in total. The molecule has 1 atom stereocenters. The highest BCUT2D eigenvalue weighted by Crippen LogP contribution is 2.27. The molecule has 0 aliphatic heterocycles. The molecule has 0 spiro atoms. The van der Waals surface area contributed by atoms with Gasteiger partial charge in [-0.3, -0.25) is 0 Å². The van der Waals surface area contributed by atoms with E-state index in [1.54, 1.807) is 13.1 Å². The molecular formula is C15H21N3O3. The van der Waals surface area contributed by atoms with Gasteiger partial charge in [0.15, 0.2) is 0 Å². The summed E-state index contributed by atoms with van der Waals surface area (Å²) in [5.41, 5.74) is 1.71. The molecule has 0 aromatic carbocycles. The van der Waals surface area contributed by atoms with Gasteiger partial charge in [0.1, 0.15) is 11.2 Å². The van der Waals surface area contributed by atoms with Crippen molar-refractivity contribution in [3.63, 3.8) is 0 Å². The van der Waals surface area contributed by atoms with Crippen molar-refractivity contribution in [3.05, 3.63) is 24.0 Å². The Morgan fingerprint density at radius 1 is 1.52 bits per heavy atom. The number of aliphatic hydroxyl groups excluding tert-OH is 1. The Morgan fingerprint density at radius 2 is 2.29 bits per heavy atom. The smallest absolute Gasteiger partial charge is 0.341 e. The zero-order chi connectivity index (χ0) is 15.4. The fourth-order valence-electron chi connectivity index (χ4n) is 2.14. The van der Waals surface area contributed by atoms with Crippen LogP contribution in [0.2, 0.25) is 0 Å². The van der Waals surface area contributed by atoms with E-state index in [1.807, 2.05) is 19.9 Å². The van der Waals surface area contributed by atoms with Crippen LogP contribution in [0.3, 0.4) is 0 Å². The SMILES string of the molecule is CCOC(=O)c1cnc2[nH]ccc2c1N[C@@H](CO)C(C)C. The number of nitrogens with zero attached hydrogens (tertiary/aromatic N) is 1. The lowest BCUT2D eigenvalue weighted by molar-refractivity contribution is 0.0527. The molecule has 2 aromatic heterocycles. The number of aromatic amines is 1. The fraction of sp³-hybridized carbons (Fsp3) is 0.467. The van der Waals surface area contributed by atoms with Crippen molar-refractivity contribution in [2.45, 2.75) is 26.8 Å². The molecule has 3 N–H and O–H groups in total. The molecule has 0 saturated heterocycles. The highest BCUT2D eigenvalue weighted by molar-refractivity contribution is 6.04. The van der Waals surface area contributed by atoms with Crippen molar-refractivity contribution in [2.24, 2.45) is 5.92 Å². The van der Waals surface area contributed by atoms with E-state index in [4.69, 9.17) is 4.74 Å². The van der Waals surface area contributed by atoms with Crippen molar-refractivity contribution in [1.82, 2.24) is 9.97 Å². The summed E-state index contributed by atoms with van der Waals surface area (Å²) in [6, 6.07) is 1.70. The Kier molecular flexibility index (Phi) is 4.80. The van der Waals surface area contributed by atoms with Crippen molar-refractivity contribution in [3.8, 4) is 0 Å². The number of H-pyrrole nitrogens is 1. The highest BCUT2D eigenvalue weighted by Gasteiger charge is 2.21. The summed E-state index contributed by atoms with van der Waals surface area (Å²) in [4.78, 5) is 19.3. The Morgan fingerprint density at radius 3 is 2.90 bits per heavy atom. The first kappa shape index (κ1) is 15.3. The number of aliphatic hydroxyl groups is 1. The number of esters is 1. The van der Waals surface area contributed by atoms with Gasteiger partial charge in [0, 0.05) is 17.8 Å². The van der Waals surface area contributed by atoms with Gasteiger partial charge in [-0.05, 0) is 18.9 Å². The molecule has 0 amide bonds. The first-order valence-electron chi connectivity index (χ1n) is 7.09. The number of nitrogens with one attached hydrogen (secondary N) is 2. The number of anilines is 1. The summed E-state index contributed by atoms with van der Waals surface area (Å²) in [5, 5.41) is 13.6. The second-order valence-electron chi connectivity index (χ2n) is 5.18. The Hall–Kier alpha value is -2.08. The van der Waals surface area contributed by atoms with Gasteiger partial charge in [-0.15, -0.1) is 0 Å². The Labute approximate surface area is 123 Å². The zero-order valence-corrected chi connectivity index (χ0v) is 12.5. The third-order valence-electron chi connectivity index (χ3n) is 3.41. The second kappa shape index (κ2) is 6.58. The minimum atomic E-state index is -0.420. The monoisotopic (exact) mass is 291 g/mol. The number of hydrogen-bond donors (Lipinski definition) is 3. The van der Waals surface area contributed by atoms with E-state index in [2.05, 4.69) is 15.3 Å². The minimum Gasteiger partial charge on any atom is -0.462 e. The molecule has 0 bridgehead atoms. The summed E-state index contributed by atoms with van der Waals surface area (Å²) in [7, 11) is 0. The third kappa shape index (κ3) is 3.16. The van der Waals surface area contributed by atoms with Crippen molar-refractivity contribution >= 4 is 22.7 Å². The number of carbonyl (C=O) groups is 1. The van der Waals surface area contributed by atoms with Crippen LogP contribution in [0.25, 0.3) is 11.0 Å². The predicted molar refractivity (Wildman–Crippen MR) is 81.4 cm³/mol. The van der Waals surface area contributed by atoms with Crippen LogP contribution >= 0.6 is 0 Å². The average Bonchev–Trinajstić information content (AvgIpc) is 2.92. The van der Waals surface area contributed by atoms with E-state index in [0.29, 0.717) is 23.5 Å².